The number of aromatic nitrogens is 1. The number of benzene rings is 2. The molecule has 0 unspecified atom stereocenters. The Morgan fingerprint density at radius 3 is 2.89 bits per heavy atom. The second-order valence-corrected chi connectivity index (χ2v) is 4.38. The van der Waals surface area contributed by atoms with Crippen LogP contribution < -0.4 is 14.9 Å². The molecule has 2 heterocycles. The molecule has 4 rings (SSSR count). The number of phenolic OH excluding ortho intramolecular Hbond substituents is 1. The standard InChI is InChI=1S/C14H9NO4/c16-12-7-3-1-2-4-8(7)15-9-5-10-14(19-6-18-10)13(17)11(9)12/h1-5,17H,6H2,(H,15,16). The van der Waals surface area contributed by atoms with Gasteiger partial charge in [-0.1, -0.05) is 12.1 Å². The summed E-state index contributed by atoms with van der Waals surface area (Å²) in [7, 11) is 0. The zero-order chi connectivity index (χ0) is 13.0. The minimum Gasteiger partial charge on any atom is -0.504 e. The average molecular weight is 255 g/mol. The molecule has 0 spiro atoms. The van der Waals surface area contributed by atoms with E-state index in [-0.39, 0.29) is 29.1 Å². The van der Waals surface area contributed by atoms with Gasteiger partial charge in [0.1, 0.15) is 0 Å². The molecule has 1 aliphatic rings. The first kappa shape index (κ1) is 10.3. The summed E-state index contributed by atoms with van der Waals surface area (Å²) in [4.78, 5) is 15.6. The molecule has 1 aromatic heterocycles. The van der Waals surface area contributed by atoms with Crippen LogP contribution in [0, 0.1) is 0 Å². The number of para-hydroxylation sites is 1. The Morgan fingerprint density at radius 2 is 2.00 bits per heavy atom. The highest BCUT2D eigenvalue weighted by molar-refractivity contribution is 5.98. The highest BCUT2D eigenvalue weighted by atomic mass is 16.7. The minimum atomic E-state index is -0.222. The predicted octanol–water partition coefficient (Wildman–Crippen LogP) is 2.12. The third kappa shape index (κ3) is 1.26. The van der Waals surface area contributed by atoms with Gasteiger partial charge in [-0.2, -0.15) is 0 Å². The van der Waals surface area contributed by atoms with Crippen molar-refractivity contribution in [3.05, 3.63) is 40.6 Å². The molecule has 0 radical (unpaired) electrons. The van der Waals surface area contributed by atoms with Crippen molar-refractivity contribution in [2.24, 2.45) is 0 Å². The van der Waals surface area contributed by atoms with Gasteiger partial charge in [-0.05, 0) is 12.1 Å². The van der Waals surface area contributed by atoms with Crippen LogP contribution >= 0.6 is 0 Å². The monoisotopic (exact) mass is 255 g/mol. The second-order valence-electron chi connectivity index (χ2n) is 4.38. The van der Waals surface area contributed by atoms with E-state index in [9.17, 15) is 9.90 Å². The van der Waals surface area contributed by atoms with E-state index in [1.807, 2.05) is 12.1 Å². The largest absolute Gasteiger partial charge is 0.504 e. The fourth-order valence-electron chi connectivity index (χ4n) is 2.42. The Morgan fingerprint density at radius 1 is 1.16 bits per heavy atom. The van der Waals surface area contributed by atoms with Gasteiger partial charge in [-0.3, -0.25) is 4.79 Å². The summed E-state index contributed by atoms with van der Waals surface area (Å²) in [5.41, 5.74) is 1.03. The molecule has 0 atom stereocenters. The SMILES string of the molecule is O=c1c2ccccc2[nH]c2cc3c(c(O)c12)OCO3. The number of nitrogens with one attached hydrogen (secondary N) is 1. The van der Waals surface area contributed by atoms with E-state index in [0.29, 0.717) is 16.7 Å². The van der Waals surface area contributed by atoms with Crippen LogP contribution in [0.5, 0.6) is 17.2 Å². The van der Waals surface area contributed by atoms with Gasteiger partial charge in [0.05, 0.1) is 10.9 Å². The molecule has 0 saturated carbocycles. The predicted molar refractivity (Wildman–Crippen MR) is 69.9 cm³/mol. The molecule has 19 heavy (non-hydrogen) atoms. The van der Waals surface area contributed by atoms with Crippen LogP contribution in [0.1, 0.15) is 0 Å². The first-order valence-electron chi connectivity index (χ1n) is 5.82. The van der Waals surface area contributed by atoms with Crippen molar-refractivity contribution in [2.75, 3.05) is 6.79 Å². The molecule has 94 valence electrons. The summed E-state index contributed by atoms with van der Waals surface area (Å²) in [5, 5.41) is 10.9. The highest BCUT2D eigenvalue weighted by Gasteiger charge is 2.23. The molecule has 0 bridgehead atoms. The molecular formula is C14H9NO4. The molecule has 5 nitrogen and oxygen atoms in total. The van der Waals surface area contributed by atoms with Crippen molar-refractivity contribution in [3.63, 3.8) is 0 Å². The van der Waals surface area contributed by atoms with Crippen LogP contribution in [0.15, 0.2) is 35.1 Å². The molecule has 0 saturated heterocycles. The fourth-order valence-corrected chi connectivity index (χ4v) is 2.42. The fraction of sp³-hybridized carbons (Fsp3) is 0.0714. The number of phenols is 1. The van der Waals surface area contributed by atoms with Crippen LogP contribution in [-0.2, 0) is 0 Å². The summed E-state index contributed by atoms with van der Waals surface area (Å²) in [6.07, 6.45) is 0. The maximum Gasteiger partial charge on any atom is 0.231 e. The molecule has 3 aromatic rings. The van der Waals surface area contributed by atoms with E-state index in [4.69, 9.17) is 9.47 Å². The normalized spacial score (nSPS) is 13.3. The average Bonchev–Trinajstić information content (AvgIpc) is 2.87. The van der Waals surface area contributed by atoms with Crippen LogP contribution in [0.2, 0.25) is 0 Å². The van der Waals surface area contributed by atoms with Crippen LogP contribution in [0.4, 0.5) is 0 Å². The summed E-state index contributed by atoms with van der Waals surface area (Å²) in [6.45, 7) is 0.0485. The Hall–Kier alpha value is -2.69. The van der Waals surface area contributed by atoms with Gasteiger partial charge in [-0.15, -0.1) is 0 Å². The van der Waals surface area contributed by atoms with Crippen molar-refractivity contribution in [1.82, 2.24) is 4.98 Å². The Kier molecular flexibility index (Phi) is 1.84. The molecular weight excluding hydrogens is 246 g/mol. The number of aromatic amines is 1. The number of hydrogen-bond donors (Lipinski definition) is 2. The topological polar surface area (TPSA) is 71.6 Å². The van der Waals surface area contributed by atoms with E-state index < -0.39 is 0 Å². The van der Waals surface area contributed by atoms with E-state index in [1.165, 1.54) is 0 Å². The Bertz CT molecular complexity index is 882. The van der Waals surface area contributed by atoms with Crippen molar-refractivity contribution >= 4 is 21.8 Å². The molecule has 2 N–H and O–H groups in total. The maximum atomic E-state index is 12.4. The van der Waals surface area contributed by atoms with Gasteiger partial charge in [0.25, 0.3) is 0 Å². The van der Waals surface area contributed by atoms with Gasteiger partial charge >= 0.3 is 0 Å². The quantitative estimate of drug-likeness (QED) is 0.603. The molecule has 0 amide bonds. The number of pyridine rings is 1. The number of H-pyrrole nitrogens is 1. The van der Waals surface area contributed by atoms with Crippen LogP contribution in [-0.4, -0.2) is 16.9 Å². The maximum absolute atomic E-state index is 12.4. The van der Waals surface area contributed by atoms with Crippen molar-refractivity contribution in [2.45, 2.75) is 0 Å². The van der Waals surface area contributed by atoms with Crippen LogP contribution in [0.25, 0.3) is 21.8 Å². The smallest absolute Gasteiger partial charge is 0.231 e. The van der Waals surface area contributed by atoms with Crippen molar-refractivity contribution in [3.8, 4) is 17.2 Å². The molecule has 0 aliphatic carbocycles. The van der Waals surface area contributed by atoms with Gasteiger partial charge in [-0.25, -0.2) is 0 Å². The van der Waals surface area contributed by atoms with Crippen molar-refractivity contribution < 1.29 is 14.6 Å². The third-order valence-corrected chi connectivity index (χ3v) is 3.31. The van der Waals surface area contributed by atoms with Gasteiger partial charge < -0.3 is 19.6 Å². The van der Waals surface area contributed by atoms with Gasteiger partial charge in [0.2, 0.25) is 18.0 Å². The lowest BCUT2D eigenvalue weighted by Crippen LogP contribution is -2.04. The number of fused-ring (bicyclic) bond motifs is 3. The molecule has 0 fully saturated rings. The first-order chi connectivity index (χ1) is 9.25. The van der Waals surface area contributed by atoms with Gasteiger partial charge in [0, 0.05) is 17.0 Å². The molecule has 5 heteroatoms. The third-order valence-electron chi connectivity index (χ3n) is 3.31. The van der Waals surface area contributed by atoms with E-state index >= 15 is 0 Å². The zero-order valence-electron chi connectivity index (χ0n) is 9.77. The molecule has 1 aliphatic heterocycles. The Labute approximate surface area is 107 Å². The first-order valence-corrected chi connectivity index (χ1v) is 5.82. The summed E-state index contributed by atoms with van der Waals surface area (Å²) in [5.74, 6) is 0.501. The minimum absolute atomic E-state index is 0.0485. The van der Waals surface area contributed by atoms with Crippen molar-refractivity contribution in [1.29, 1.82) is 0 Å². The summed E-state index contributed by atoms with van der Waals surface area (Å²) < 4.78 is 10.4. The number of rotatable bonds is 0. The lowest BCUT2D eigenvalue weighted by molar-refractivity contribution is 0.171. The molecule has 2 aromatic carbocycles. The van der Waals surface area contributed by atoms with Gasteiger partial charge in [0.15, 0.2) is 11.5 Å². The number of aromatic hydroxyl groups is 1. The number of hydrogen-bond acceptors (Lipinski definition) is 4. The van der Waals surface area contributed by atoms with E-state index in [0.717, 1.165) is 5.52 Å². The Balaban J connectivity index is 2.27. The zero-order valence-corrected chi connectivity index (χ0v) is 9.77. The lowest BCUT2D eigenvalue weighted by Gasteiger charge is -2.06. The summed E-state index contributed by atoms with van der Waals surface area (Å²) in [6, 6.07) is 8.84. The lowest BCUT2D eigenvalue weighted by atomic mass is 10.1. The number of ether oxygens (including phenoxy) is 2. The highest BCUT2D eigenvalue weighted by Crippen LogP contribution is 2.44. The van der Waals surface area contributed by atoms with E-state index in [1.54, 1.807) is 18.2 Å². The van der Waals surface area contributed by atoms with E-state index in [2.05, 4.69) is 4.98 Å². The van der Waals surface area contributed by atoms with Crippen LogP contribution in [0.3, 0.4) is 0 Å². The summed E-state index contributed by atoms with van der Waals surface area (Å²) >= 11 is 0. The second kappa shape index (κ2) is 3.41.